The Bertz CT molecular complexity index is 1010. The third kappa shape index (κ3) is 4.49. The van der Waals surface area contributed by atoms with Gasteiger partial charge in [-0.2, -0.15) is 0 Å². The number of aryl methyl sites for hydroxylation is 1. The number of aromatic nitrogens is 2. The number of hydrogen-bond donors (Lipinski definition) is 1. The number of aliphatic carboxylic acids is 1. The lowest BCUT2D eigenvalue weighted by Gasteiger charge is -2.25. The lowest BCUT2D eigenvalue weighted by Crippen LogP contribution is -2.40. The van der Waals surface area contributed by atoms with Crippen LogP contribution in [0.5, 0.6) is 5.75 Å². The molecule has 0 radical (unpaired) electrons. The first-order chi connectivity index (χ1) is 13.3. The fourth-order valence-electron chi connectivity index (χ4n) is 2.90. The van der Waals surface area contributed by atoms with Crippen molar-refractivity contribution in [2.75, 3.05) is 6.54 Å². The summed E-state index contributed by atoms with van der Waals surface area (Å²) < 4.78 is 7.75. The van der Waals surface area contributed by atoms with Crippen LogP contribution in [0.3, 0.4) is 0 Å². The van der Waals surface area contributed by atoms with Gasteiger partial charge in [-0.1, -0.05) is 12.1 Å². The molecule has 0 saturated heterocycles. The molecule has 3 rings (SSSR count). The molecule has 0 unspecified atom stereocenters. The van der Waals surface area contributed by atoms with Crippen molar-refractivity contribution in [3.05, 3.63) is 65.6 Å². The van der Waals surface area contributed by atoms with Gasteiger partial charge >= 0.3 is 5.97 Å². The van der Waals surface area contributed by atoms with Crippen LogP contribution in [0.4, 0.5) is 0 Å². The van der Waals surface area contributed by atoms with Crippen LogP contribution in [0, 0.1) is 6.92 Å². The highest BCUT2D eigenvalue weighted by Gasteiger charge is 2.21. The van der Waals surface area contributed by atoms with E-state index in [0.29, 0.717) is 11.3 Å². The Morgan fingerprint density at radius 2 is 2.00 bits per heavy atom. The standard InChI is InChI=1S/C21H23N3O4/c1-14(2)24(12-20(25)26)21(27)16-5-4-6-18(9-16)28-13-17-11-23-10-15(3)7-8-19(23)22-17/h4-11,14H,12-13H2,1-3H3,(H,25,26). The summed E-state index contributed by atoms with van der Waals surface area (Å²) in [6.07, 6.45) is 3.90. The highest BCUT2D eigenvalue weighted by molar-refractivity contribution is 5.96. The normalized spacial score (nSPS) is 11.0. The summed E-state index contributed by atoms with van der Waals surface area (Å²) in [7, 11) is 0. The Morgan fingerprint density at radius 1 is 1.21 bits per heavy atom. The van der Waals surface area contributed by atoms with Gasteiger partial charge in [-0.15, -0.1) is 0 Å². The highest BCUT2D eigenvalue weighted by atomic mass is 16.5. The third-order valence-electron chi connectivity index (χ3n) is 4.31. The molecule has 0 fully saturated rings. The molecule has 0 saturated carbocycles. The fourth-order valence-corrected chi connectivity index (χ4v) is 2.90. The van der Waals surface area contributed by atoms with E-state index in [-0.39, 0.29) is 25.1 Å². The van der Waals surface area contributed by atoms with Crippen molar-refractivity contribution in [3.63, 3.8) is 0 Å². The van der Waals surface area contributed by atoms with Crippen molar-refractivity contribution in [1.82, 2.24) is 14.3 Å². The molecular formula is C21H23N3O4. The molecule has 0 aliphatic carbocycles. The summed E-state index contributed by atoms with van der Waals surface area (Å²) in [6, 6.07) is 10.5. The number of pyridine rings is 1. The molecule has 2 heterocycles. The number of rotatable bonds is 7. The average Bonchev–Trinajstić information content (AvgIpc) is 3.05. The van der Waals surface area contributed by atoms with Gasteiger partial charge in [0.05, 0.1) is 5.69 Å². The fraction of sp³-hybridized carbons (Fsp3) is 0.286. The minimum Gasteiger partial charge on any atom is -0.487 e. The maximum atomic E-state index is 12.7. The van der Waals surface area contributed by atoms with E-state index < -0.39 is 5.97 Å². The zero-order valence-corrected chi connectivity index (χ0v) is 16.1. The number of carboxylic acid groups (broad SMARTS) is 1. The molecule has 7 heteroatoms. The van der Waals surface area contributed by atoms with Crippen LogP contribution in [0.25, 0.3) is 5.65 Å². The first-order valence-electron chi connectivity index (χ1n) is 9.03. The number of nitrogens with zero attached hydrogens (tertiary/aromatic N) is 3. The lowest BCUT2D eigenvalue weighted by molar-refractivity contribution is -0.138. The molecule has 0 aliphatic rings. The van der Waals surface area contributed by atoms with Crippen molar-refractivity contribution in [3.8, 4) is 5.75 Å². The predicted molar refractivity (Wildman–Crippen MR) is 105 cm³/mol. The summed E-state index contributed by atoms with van der Waals surface area (Å²) in [5.74, 6) is -0.860. The largest absolute Gasteiger partial charge is 0.487 e. The molecule has 146 valence electrons. The van der Waals surface area contributed by atoms with Gasteiger partial charge in [0, 0.05) is 24.0 Å². The number of amides is 1. The van der Waals surface area contributed by atoms with Gasteiger partial charge in [-0.25, -0.2) is 4.98 Å². The molecule has 1 amide bonds. The third-order valence-corrected chi connectivity index (χ3v) is 4.31. The first-order valence-corrected chi connectivity index (χ1v) is 9.03. The SMILES string of the molecule is Cc1ccc2nc(COc3cccc(C(=O)N(CC(=O)O)C(C)C)c3)cn2c1. The predicted octanol–water partition coefficient (Wildman–Crippen LogP) is 3.16. The van der Waals surface area contributed by atoms with Crippen LogP contribution in [0.2, 0.25) is 0 Å². The topological polar surface area (TPSA) is 84.1 Å². The van der Waals surface area contributed by atoms with Crippen LogP contribution in [0.15, 0.2) is 48.8 Å². The number of imidazole rings is 1. The molecule has 2 aromatic heterocycles. The summed E-state index contributed by atoms with van der Waals surface area (Å²) in [4.78, 5) is 29.6. The number of hydrogen-bond acceptors (Lipinski definition) is 4. The van der Waals surface area contributed by atoms with Gasteiger partial charge in [0.15, 0.2) is 0 Å². The summed E-state index contributed by atoms with van der Waals surface area (Å²) >= 11 is 0. The first kappa shape index (κ1) is 19.4. The molecular weight excluding hydrogens is 358 g/mol. The van der Waals surface area contributed by atoms with Crippen molar-refractivity contribution in [1.29, 1.82) is 0 Å². The smallest absolute Gasteiger partial charge is 0.323 e. The van der Waals surface area contributed by atoms with Gasteiger partial charge in [-0.05, 0) is 50.6 Å². The van der Waals surface area contributed by atoms with E-state index >= 15 is 0 Å². The van der Waals surface area contributed by atoms with E-state index in [9.17, 15) is 9.59 Å². The van der Waals surface area contributed by atoms with Gasteiger partial charge in [0.25, 0.3) is 5.91 Å². The van der Waals surface area contributed by atoms with Gasteiger partial charge in [0.1, 0.15) is 24.5 Å². The van der Waals surface area contributed by atoms with Crippen molar-refractivity contribution < 1.29 is 19.4 Å². The van der Waals surface area contributed by atoms with Crippen LogP contribution in [0.1, 0.15) is 35.5 Å². The number of ether oxygens (including phenoxy) is 1. The zero-order chi connectivity index (χ0) is 20.3. The van der Waals surface area contributed by atoms with Gasteiger partial charge < -0.3 is 19.1 Å². The molecule has 0 aliphatic heterocycles. The van der Waals surface area contributed by atoms with E-state index in [2.05, 4.69) is 4.98 Å². The number of carbonyl (C=O) groups excluding carboxylic acids is 1. The maximum Gasteiger partial charge on any atom is 0.323 e. The summed E-state index contributed by atoms with van der Waals surface area (Å²) in [5.41, 5.74) is 3.14. The number of fused-ring (bicyclic) bond motifs is 1. The molecule has 1 aromatic carbocycles. The average molecular weight is 381 g/mol. The molecule has 28 heavy (non-hydrogen) atoms. The second kappa shape index (κ2) is 8.12. The lowest BCUT2D eigenvalue weighted by atomic mass is 10.1. The van der Waals surface area contributed by atoms with E-state index in [1.54, 1.807) is 38.1 Å². The number of carboxylic acids is 1. The molecule has 0 bridgehead atoms. The second-order valence-electron chi connectivity index (χ2n) is 6.94. The minimum absolute atomic E-state index is 0.227. The zero-order valence-electron chi connectivity index (χ0n) is 16.1. The van der Waals surface area contributed by atoms with Crippen LogP contribution in [-0.4, -0.2) is 43.9 Å². The maximum absolute atomic E-state index is 12.7. The Morgan fingerprint density at radius 3 is 2.71 bits per heavy atom. The molecule has 0 atom stereocenters. The Balaban J connectivity index is 1.73. The summed E-state index contributed by atoms with van der Waals surface area (Å²) in [6.45, 7) is 5.51. The Labute approximate surface area is 163 Å². The van der Waals surface area contributed by atoms with Crippen LogP contribution in [-0.2, 0) is 11.4 Å². The van der Waals surface area contributed by atoms with E-state index in [4.69, 9.17) is 9.84 Å². The molecule has 1 N–H and O–H groups in total. The number of carbonyl (C=O) groups is 2. The molecule has 0 spiro atoms. The van der Waals surface area contributed by atoms with E-state index in [1.807, 2.05) is 35.9 Å². The Hall–Kier alpha value is -3.35. The quantitative estimate of drug-likeness (QED) is 0.680. The molecule has 3 aromatic rings. The van der Waals surface area contributed by atoms with Crippen LogP contribution >= 0.6 is 0 Å². The van der Waals surface area contributed by atoms with Gasteiger partial charge in [0.2, 0.25) is 0 Å². The van der Waals surface area contributed by atoms with E-state index in [0.717, 1.165) is 16.9 Å². The minimum atomic E-state index is -1.04. The monoisotopic (exact) mass is 381 g/mol. The van der Waals surface area contributed by atoms with Crippen LogP contribution < -0.4 is 4.74 Å². The summed E-state index contributed by atoms with van der Waals surface area (Å²) in [5, 5.41) is 9.04. The van der Waals surface area contributed by atoms with Crippen molar-refractivity contribution >= 4 is 17.5 Å². The van der Waals surface area contributed by atoms with Crippen molar-refractivity contribution in [2.45, 2.75) is 33.4 Å². The van der Waals surface area contributed by atoms with E-state index in [1.165, 1.54) is 4.90 Å². The van der Waals surface area contributed by atoms with Gasteiger partial charge in [-0.3, -0.25) is 9.59 Å². The van der Waals surface area contributed by atoms with Crippen molar-refractivity contribution in [2.24, 2.45) is 0 Å². The second-order valence-corrected chi connectivity index (χ2v) is 6.94. The highest BCUT2D eigenvalue weighted by Crippen LogP contribution is 2.18. The Kier molecular flexibility index (Phi) is 5.63. The number of benzene rings is 1. The molecule has 7 nitrogen and oxygen atoms in total.